The largest absolute Gasteiger partial charge is 0.477 e. The first-order valence-electron chi connectivity index (χ1n) is 16.4. The van der Waals surface area contributed by atoms with E-state index in [2.05, 4.69) is 79.9 Å². The fourth-order valence-corrected chi connectivity index (χ4v) is 5.55. The SMILES string of the molecule is CCCCCCCCCCc1cnc(-c2[c-]ccc(-c3c(C)cc(C)cc3C)c2)nc1.CCCCc1ccc(C(=O)O)nc1.[Ir]. The maximum atomic E-state index is 10.5. The molecule has 0 spiro atoms. The minimum Gasteiger partial charge on any atom is -0.477 e. The first-order valence-corrected chi connectivity index (χ1v) is 16.4. The topological polar surface area (TPSA) is 76.0 Å². The number of benzene rings is 2. The zero-order valence-corrected chi connectivity index (χ0v) is 30.2. The molecule has 6 heteroatoms. The zero-order valence-electron chi connectivity index (χ0n) is 27.8. The number of carboxylic acid groups (broad SMARTS) is 1. The predicted octanol–water partition coefficient (Wildman–Crippen LogP) is 10.3. The molecule has 0 aliphatic heterocycles. The molecule has 1 radical (unpaired) electrons. The van der Waals surface area contributed by atoms with Crippen LogP contribution in [0.2, 0.25) is 0 Å². The van der Waals surface area contributed by atoms with Crippen molar-refractivity contribution in [3.05, 3.63) is 101 Å². The normalized spacial score (nSPS) is 10.5. The maximum absolute atomic E-state index is 10.5. The number of rotatable bonds is 15. The molecule has 4 aromatic rings. The van der Waals surface area contributed by atoms with Gasteiger partial charge in [0.25, 0.3) is 0 Å². The molecule has 0 saturated carbocycles. The summed E-state index contributed by atoms with van der Waals surface area (Å²) in [5.41, 5.74) is 9.81. The maximum Gasteiger partial charge on any atom is 0.354 e. The number of unbranched alkanes of at least 4 members (excludes halogenated alkanes) is 8. The van der Waals surface area contributed by atoms with Crippen LogP contribution in [0.3, 0.4) is 0 Å². The Morgan fingerprint density at radius 1 is 0.711 bits per heavy atom. The fourth-order valence-electron chi connectivity index (χ4n) is 5.55. The van der Waals surface area contributed by atoms with Crippen LogP contribution < -0.4 is 0 Å². The number of aryl methyl sites for hydroxylation is 5. The van der Waals surface area contributed by atoms with E-state index < -0.39 is 5.97 Å². The molecule has 243 valence electrons. The van der Waals surface area contributed by atoms with Crippen LogP contribution in [0.1, 0.15) is 116 Å². The van der Waals surface area contributed by atoms with E-state index in [1.54, 1.807) is 12.3 Å². The summed E-state index contributed by atoms with van der Waals surface area (Å²) in [5, 5.41) is 8.59. The quantitative estimate of drug-likeness (QED) is 0.0960. The number of aromatic carboxylic acids is 1. The van der Waals surface area contributed by atoms with Crippen LogP contribution in [-0.4, -0.2) is 26.0 Å². The monoisotopic (exact) mass is 785 g/mol. The summed E-state index contributed by atoms with van der Waals surface area (Å²) in [4.78, 5) is 23.6. The van der Waals surface area contributed by atoms with Gasteiger partial charge in [-0.25, -0.2) is 9.78 Å². The Kier molecular flexibility index (Phi) is 17.5. The number of aromatic nitrogens is 3. The van der Waals surface area contributed by atoms with Crippen LogP contribution in [0.4, 0.5) is 0 Å². The number of nitrogens with zero attached hydrogens (tertiary/aromatic N) is 3. The fraction of sp³-hybridized carbons (Fsp3) is 0.436. The van der Waals surface area contributed by atoms with E-state index in [1.165, 1.54) is 84.7 Å². The van der Waals surface area contributed by atoms with Crippen LogP contribution >= 0.6 is 0 Å². The molecule has 2 heterocycles. The van der Waals surface area contributed by atoms with Gasteiger partial charge in [-0.15, -0.1) is 35.4 Å². The molecule has 45 heavy (non-hydrogen) atoms. The predicted molar refractivity (Wildman–Crippen MR) is 182 cm³/mol. The van der Waals surface area contributed by atoms with Gasteiger partial charge in [0, 0.05) is 38.7 Å². The number of hydrogen-bond acceptors (Lipinski definition) is 4. The summed E-state index contributed by atoms with van der Waals surface area (Å²) >= 11 is 0. The Balaban J connectivity index is 0.000000424. The number of carboxylic acids is 1. The van der Waals surface area contributed by atoms with Gasteiger partial charge < -0.3 is 5.11 Å². The molecule has 0 saturated heterocycles. The van der Waals surface area contributed by atoms with Crippen molar-refractivity contribution in [2.75, 3.05) is 0 Å². The van der Waals surface area contributed by atoms with Gasteiger partial charge in [0.05, 0.1) is 5.82 Å². The summed E-state index contributed by atoms with van der Waals surface area (Å²) in [5.74, 6) is -0.217. The third-order valence-corrected chi connectivity index (χ3v) is 7.90. The summed E-state index contributed by atoms with van der Waals surface area (Å²) < 4.78 is 0. The van der Waals surface area contributed by atoms with Gasteiger partial charge in [-0.1, -0.05) is 89.0 Å². The van der Waals surface area contributed by atoms with Crippen molar-refractivity contribution in [2.45, 2.75) is 112 Å². The van der Waals surface area contributed by atoms with Crippen molar-refractivity contribution >= 4 is 5.97 Å². The first-order chi connectivity index (χ1) is 21.3. The van der Waals surface area contributed by atoms with Gasteiger partial charge in [0.15, 0.2) is 0 Å². The van der Waals surface area contributed by atoms with E-state index in [-0.39, 0.29) is 25.8 Å². The molecule has 0 unspecified atom stereocenters. The Morgan fingerprint density at radius 3 is 1.87 bits per heavy atom. The van der Waals surface area contributed by atoms with Crippen LogP contribution in [0.25, 0.3) is 22.5 Å². The van der Waals surface area contributed by atoms with Crippen LogP contribution in [0.15, 0.2) is 61.1 Å². The Labute approximate surface area is 284 Å². The van der Waals surface area contributed by atoms with Crippen LogP contribution in [0.5, 0.6) is 0 Å². The molecule has 0 fully saturated rings. The Hall–Kier alpha value is -3.21. The van der Waals surface area contributed by atoms with Gasteiger partial charge in [-0.2, -0.15) is 0 Å². The van der Waals surface area contributed by atoms with E-state index >= 15 is 0 Å². The Bertz CT molecular complexity index is 1410. The smallest absolute Gasteiger partial charge is 0.354 e. The third-order valence-electron chi connectivity index (χ3n) is 7.90. The average molecular weight is 785 g/mol. The van der Waals surface area contributed by atoms with Crippen molar-refractivity contribution < 1.29 is 30.0 Å². The van der Waals surface area contributed by atoms with Gasteiger partial charge >= 0.3 is 5.97 Å². The van der Waals surface area contributed by atoms with E-state index in [4.69, 9.17) is 5.11 Å². The summed E-state index contributed by atoms with van der Waals surface area (Å²) in [6.07, 6.45) is 20.7. The molecule has 5 nitrogen and oxygen atoms in total. The van der Waals surface area contributed by atoms with Crippen molar-refractivity contribution in [2.24, 2.45) is 0 Å². The van der Waals surface area contributed by atoms with Crippen LogP contribution in [0, 0.1) is 26.8 Å². The van der Waals surface area contributed by atoms with Crippen molar-refractivity contribution in [3.63, 3.8) is 0 Å². The van der Waals surface area contributed by atoms with E-state index in [0.29, 0.717) is 0 Å². The number of pyridine rings is 1. The summed E-state index contributed by atoms with van der Waals surface area (Å²) in [6.45, 7) is 10.9. The van der Waals surface area contributed by atoms with Gasteiger partial charge in [0.2, 0.25) is 0 Å². The van der Waals surface area contributed by atoms with Gasteiger partial charge in [0.1, 0.15) is 5.69 Å². The molecule has 4 rings (SSSR count). The molecule has 0 bridgehead atoms. The molecule has 1 N–H and O–H groups in total. The molecule has 2 aromatic heterocycles. The van der Waals surface area contributed by atoms with E-state index in [1.807, 2.05) is 24.5 Å². The summed E-state index contributed by atoms with van der Waals surface area (Å²) in [6, 6.07) is 17.5. The molecule has 0 amide bonds. The van der Waals surface area contributed by atoms with E-state index in [0.717, 1.165) is 42.6 Å². The molecule has 2 aromatic carbocycles. The second kappa shape index (κ2) is 20.7. The van der Waals surface area contributed by atoms with Crippen LogP contribution in [-0.2, 0) is 32.9 Å². The molecule has 0 aliphatic carbocycles. The first kappa shape index (κ1) is 38.0. The van der Waals surface area contributed by atoms with Gasteiger partial charge in [-0.3, -0.25) is 9.97 Å². The third kappa shape index (κ3) is 13.0. The zero-order chi connectivity index (χ0) is 31.7. The molecular weight excluding hydrogens is 735 g/mol. The van der Waals surface area contributed by atoms with Crippen molar-refractivity contribution in [3.8, 4) is 22.5 Å². The average Bonchev–Trinajstić information content (AvgIpc) is 3.02. The molecule has 0 atom stereocenters. The van der Waals surface area contributed by atoms with Crippen molar-refractivity contribution in [1.29, 1.82) is 0 Å². The Morgan fingerprint density at radius 2 is 1.29 bits per heavy atom. The van der Waals surface area contributed by atoms with Crippen molar-refractivity contribution in [1.82, 2.24) is 15.0 Å². The van der Waals surface area contributed by atoms with Gasteiger partial charge in [-0.05, 0) is 80.3 Å². The number of hydrogen-bond donors (Lipinski definition) is 1. The standard InChI is InChI=1S/C29H37N2.C10H13NO2.Ir/c1-5-6-7-8-9-10-11-12-14-25-20-30-29(31-21-25)27-16-13-15-26(19-27)28-23(3)17-22(2)18-24(28)4;1-2-3-4-8-5-6-9(10(12)13)11-7-8;/h13,15,17-21H,5-12,14H2,1-4H3;5-7H,2-4H2,1H3,(H,12,13);/q-1;;. The number of carbonyl (C=O) groups is 1. The minimum atomic E-state index is -0.970. The molecular formula is C39H50IrN3O2-. The second-order valence-corrected chi connectivity index (χ2v) is 11.9. The summed E-state index contributed by atoms with van der Waals surface area (Å²) in [7, 11) is 0. The van der Waals surface area contributed by atoms with E-state index in [9.17, 15) is 4.79 Å². The second-order valence-electron chi connectivity index (χ2n) is 11.9. The minimum absolute atomic E-state index is 0. The molecule has 0 aliphatic rings.